The van der Waals surface area contributed by atoms with E-state index >= 15 is 0 Å². The Morgan fingerprint density at radius 3 is 2.39 bits per heavy atom. The van der Waals surface area contributed by atoms with E-state index in [2.05, 4.69) is 5.32 Å². The largest absolute Gasteiger partial charge is 0.417 e. The van der Waals surface area contributed by atoms with E-state index in [0.29, 0.717) is 29.0 Å². The average molecular weight is 332 g/mol. The van der Waals surface area contributed by atoms with Gasteiger partial charge in [0, 0.05) is 24.0 Å². The molecule has 0 aliphatic heterocycles. The van der Waals surface area contributed by atoms with Crippen LogP contribution in [0.5, 0.6) is 0 Å². The standard InChI is InChI=1S/C14H9F5N2O2/c15-10-3-2-9(5-11(10)16)20-12(22)7-21-6-8(14(17,18)19)1-4-13(21)23/h1-6H,7H2,(H,20,22). The number of amides is 1. The number of rotatable bonds is 3. The van der Waals surface area contributed by atoms with Crippen LogP contribution in [0, 0.1) is 11.6 Å². The minimum Gasteiger partial charge on any atom is -0.324 e. The van der Waals surface area contributed by atoms with Gasteiger partial charge in [0.25, 0.3) is 5.56 Å². The zero-order valence-corrected chi connectivity index (χ0v) is 11.3. The first-order valence-electron chi connectivity index (χ1n) is 6.19. The molecule has 4 nitrogen and oxygen atoms in total. The molecule has 0 spiro atoms. The molecule has 0 saturated carbocycles. The fourth-order valence-electron chi connectivity index (χ4n) is 1.75. The van der Waals surface area contributed by atoms with E-state index < -0.39 is 41.4 Å². The summed E-state index contributed by atoms with van der Waals surface area (Å²) in [5.41, 5.74) is -1.98. The minimum absolute atomic E-state index is 0.0890. The van der Waals surface area contributed by atoms with Crippen molar-refractivity contribution in [1.29, 1.82) is 0 Å². The van der Waals surface area contributed by atoms with E-state index in [1.165, 1.54) is 0 Å². The lowest BCUT2D eigenvalue weighted by Gasteiger charge is -2.11. The summed E-state index contributed by atoms with van der Waals surface area (Å²) >= 11 is 0. The number of alkyl halides is 3. The molecule has 0 aliphatic rings. The predicted molar refractivity (Wildman–Crippen MR) is 70.7 cm³/mol. The van der Waals surface area contributed by atoms with Crippen LogP contribution in [0.25, 0.3) is 0 Å². The molecule has 2 rings (SSSR count). The Balaban J connectivity index is 2.17. The Labute approximate surface area is 126 Å². The number of halogens is 5. The van der Waals surface area contributed by atoms with Gasteiger partial charge in [-0.1, -0.05) is 0 Å². The van der Waals surface area contributed by atoms with E-state index in [4.69, 9.17) is 0 Å². The van der Waals surface area contributed by atoms with E-state index in [-0.39, 0.29) is 5.69 Å². The normalized spacial score (nSPS) is 11.3. The molecular formula is C14H9F5N2O2. The monoisotopic (exact) mass is 332 g/mol. The summed E-state index contributed by atoms with van der Waals surface area (Å²) < 4.78 is 64.0. The SMILES string of the molecule is O=C(Cn1cc(C(F)(F)F)ccc1=O)Nc1ccc(F)c(F)c1. The van der Waals surface area contributed by atoms with Gasteiger partial charge in [-0.2, -0.15) is 13.2 Å². The third-order valence-electron chi connectivity index (χ3n) is 2.83. The molecule has 23 heavy (non-hydrogen) atoms. The highest BCUT2D eigenvalue weighted by Crippen LogP contribution is 2.28. The predicted octanol–water partition coefficient (Wildman–Crippen LogP) is 2.78. The van der Waals surface area contributed by atoms with Crippen LogP contribution in [0.3, 0.4) is 0 Å². The molecule has 1 heterocycles. The fourth-order valence-corrected chi connectivity index (χ4v) is 1.75. The minimum atomic E-state index is -4.66. The highest BCUT2D eigenvalue weighted by molar-refractivity contribution is 5.90. The number of anilines is 1. The first-order chi connectivity index (χ1) is 10.7. The van der Waals surface area contributed by atoms with Gasteiger partial charge in [0.1, 0.15) is 6.54 Å². The summed E-state index contributed by atoms with van der Waals surface area (Å²) in [6.45, 7) is -0.707. The van der Waals surface area contributed by atoms with E-state index in [1.54, 1.807) is 0 Å². The van der Waals surface area contributed by atoms with Crippen molar-refractivity contribution in [2.24, 2.45) is 0 Å². The number of carbonyl (C=O) groups excluding carboxylic acids is 1. The van der Waals surface area contributed by atoms with Gasteiger partial charge in [0.05, 0.1) is 5.56 Å². The molecule has 2 aromatic rings. The number of aromatic nitrogens is 1. The van der Waals surface area contributed by atoms with Crippen LogP contribution < -0.4 is 10.9 Å². The molecule has 0 radical (unpaired) electrons. The zero-order valence-electron chi connectivity index (χ0n) is 11.3. The van der Waals surface area contributed by atoms with Crippen molar-refractivity contribution < 1.29 is 26.7 Å². The summed E-state index contributed by atoms with van der Waals surface area (Å²) in [5, 5.41) is 2.16. The summed E-state index contributed by atoms with van der Waals surface area (Å²) in [6.07, 6.45) is -4.15. The molecule has 1 aromatic heterocycles. The topological polar surface area (TPSA) is 51.1 Å². The molecule has 0 saturated heterocycles. The third-order valence-corrected chi connectivity index (χ3v) is 2.83. The summed E-state index contributed by atoms with van der Waals surface area (Å²) in [4.78, 5) is 23.2. The maximum absolute atomic E-state index is 13.0. The quantitative estimate of drug-likeness (QED) is 0.879. The van der Waals surface area contributed by atoms with Crippen LogP contribution in [0.2, 0.25) is 0 Å². The molecule has 0 bridgehead atoms. The summed E-state index contributed by atoms with van der Waals surface area (Å²) in [5.74, 6) is -3.17. The van der Waals surface area contributed by atoms with Gasteiger partial charge in [-0.3, -0.25) is 9.59 Å². The second-order valence-corrected chi connectivity index (χ2v) is 4.56. The van der Waals surface area contributed by atoms with Gasteiger partial charge in [-0.15, -0.1) is 0 Å². The number of hydrogen-bond donors (Lipinski definition) is 1. The molecule has 1 amide bonds. The maximum atomic E-state index is 13.0. The van der Waals surface area contributed by atoms with Gasteiger partial charge in [-0.25, -0.2) is 8.78 Å². The molecule has 0 unspecified atom stereocenters. The number of pyridine rings is 1. The number of hydrogen-bond acceptors (Lipinski definition) is 2. The molecule has 9 heteroatoms. The Morgan fingerprint density at radius 2 is 1.78 bits per heavy atom. The van der Waals surface area contributed by atoms with Crippen molar-refractivity contribution >= 4 is 11.6 Å². The van der Waals surface area contributed by atoms with Crippen LogP contribution in [0.1, 0.15) is 5.56 Å². The molecule has 0 aliphatic carbocycles. The molecule has 122 valence electrons. The lowest BCUT2D eigenvalue weighted by atomic mass is 10.2. The van der Waals surface area contributed by atoms with Gasteiger partial charge >= 0.3 is 6.18 Å². The van der Waals surface area contributed by atoms with Crippen molar-refractivity contribution in [1.82, 2.24) is 4.57 Å². The van der Waals surface area contributed by atoms with Crippen molar-refractivity contribution in [2.45, 2.75) is 12.7 Å². The van der Waals surface area contributed by atoms with E-state index in [9.17, 15) is 31.5 Å². The number of nitrogens with one attached hydrogen (secondary N) is 1. The van der Waals surface area contributed by atoms with Gasteiger partial charge in [0.15, 0.2) is 11.6 Å². The molecule has 0 atom stereocenters. The summed E-state index contributed by atoms with van der Waals surface area (Å²) in [7, 11) is 0. The van der Waals surface area contributed by atoms with Crippen molar-refractivity contribution in [2.75, 3.05) is 5.32 Å². The van der Waals surface area contributed by atoms with Gasteiger partial charge in [-0.05, 0) is 18.2 Å². The Hall–Kier alpha value is -2.71. The van der Waals surface area contributed by atoms with Gasteiger partial charge < -0.3 is 9.88 Å². The van der Waals surface area contributed by atoms with Crippen LogP contribution >= 0.6 is 0 Å². The van der Waals surface area contributed by atoms with Gasteiger partial charge in [0.2, 0.25) is 5.91 Å². The number of carbonyl (C=O) groups is 1. The Morgan fingerprint density at radius 1 is 1.09 bits per heavy atom. The number of nitrogens with zero attached hydrogens (tertiary/aromatic N) is 1. The average Bonchev–Trinajstić information content (AvgIpc) is 2.44. The number of benzene rings is 1. The van der Waals surface area contributed by atoms with Crippen LogP contribution in [0.4, 0.5) is 27.6 Å². The zero-order chi connectivity index (χ0) is 17.2. The fraction of sp³-hybridized carbons (Fsp3) is 0.143. The maximum Gasteiger partial charge on any atom is 0.417 e. The third kappa shape index (κ3) is 4.15. The Kier molecular flexibility index (Phi) is 4.48. The highest BCUT2D eigenvalue weighted by Gasteiger charge is 2.31. The second-order valence-electron chi connectivity index (χ2n) is 4.56. The van der Waals surface area contributed by atoms with Crippen molar-refractivity contribution in [3.63, 3.8) is 0 Å². The Bertz CT molecular complexity index is 798. The molecule has 1 aromatic carbocycles. The first-order valence-corrected chi connectivity index (χ1v) is 6.19. The lowest BCUT2D eigenvalue weighted by molar-refractivity contribution is -0.138. The smallest absolute Gasteiger partial charge is 0.324 e. The second kappa shape index (κ2) is 6.19. The van der Waals surface area contributed by atoms with E-state index in [1.807, 2.05) is 0 Å². The van der Waals surface area contributed by atoms with Crippen molar-refractivity contribution in [3.05, 3.63) is 64.1 Å². The summed E-state index contributed by atoms with van der Waals surface area (Å²) in [6, 6.07) is 3.86. The lowest BCUT2D eigenvalue weighted by Crippen LogP contribution is -2.28. The van der Waals surface area contributed by atoms with Crippen molar-refractivity contribution in [3.8, 4) is 0 Å². The van der Waals surface area contributed by atoms with Crippen LogP contribution in [-0.2, 0) is 17.5 Å². The molecular weight excluding hydrogens is 323 g/mol. The van der Waals surface area contributed by atoms with E-state index in [0.717, 1.165) is 12.1 Å². The molecule has 0 fully saturated rings. The van der Waals surface area contributed by atoms with Crippen LogP contribution in [0.15, 0.2) is 41.3 Å². The first kappa shape index (κ1) is 16.7. The highest BCUT2D eigenvalue weighted by atomic mass is 19.4. The molecule has 1 N–H and O–H groups in total. The van der Waals surface area contributed by atoms with Crippen LogP contribution in [-0.4, -0.2) is 10.5 Å².